The van der Waals surface area contributed by atoms with Crippen molar-refractivity contribution < 1.29 is 19.8 Å². The maximum atomic E-state index is 11.9. The van der Waals surface area contributed by atoms with E-state index < -0.39 is 11.6 Å². The van der Waals surface area contributed by atoms with Crippen molar-refractivity contribution in [3.8, 4) is 0 Å². The fourth-order valence-corrected chi connectivity index (χ4v) is 2.17. The molecule has 1 aliphatic rings. The molecule has 104 valence electrons. The van der Waals surface area contributed by atoms with E-state index >= 15 is 0 Å². The summed E-state index contributed by atoms with van der Waals surface area (Å²) in [6.07, 6.45) is 1.94. The predicted octanol–water partition coefficient (Wildman–Crippen LogP) is 0.796. The fourth-order valence-electron chi connectivity index (χ4n) is 2.17. The van der Waals surface area contributed by atoms with Crippen molar-refractivity contribution in [2.24, 2.45) is 0 Å². The molecular weight excluding hydrogens is 236 g/mol. The molecule has 1 rings (SSSR count). The lowest BCUT2D eigenvalue weighted by Gasteiger charge is -2.23. The smallest absolute Gasteiger partial charge is 0.317 e. The maximum absolute atomic E-state index is 11.9. The van der Waals surface area contributed by atoms with Crippen molar-refractivity contribution in [2.75, 3.05) is 13.1 Å². The second-order valence-electron chi connectivity index (χ2n) is 5.20. The van der Waals surface area contributed by atoms with Gasteiger partial charge in [0.2, 0.25) is 0 Å². The van der Waals surface area contributed by atoms with Crippen LogP contribution in [0.2, 0.25) is 0 Å². The zero-order valence-electron chi connectivity index (χ0n) is 11.0. The summed E-state index contributed by atoms with van der Waals surface area (Å²) >= 11 is 0. The van der Waals surface area contributed by atoms with E-state index in [1.807, 2.05) is 6.92 Å². The van der Waals surface area contributed by atoms with Crippen LogP contribution in [-0.4, -0.2) is 51.8 Å². The first-order valence-electron chi connectivity index (χ1n) is 6.33. The van der Waals surface area contributed by atoms with Crippen LogP contribution in [0.3, 0.4) is 0 Å². The number of aliphatic hydroxyl groups is 1. The highest BCUT2D eigenvalue weighted by atomic mass is 16.4. The minimum Gasteiger partial charge on any atom is -0.481 e. The molecular formula is C12H22N2O4. The summed E-state index contributed by atoms with van der Waals surface area (Å²) in [7, 11) is 0. The molecule has 18 heavy (non-hydrogen) atoms. The highest BCUT2D eigenvalue weighted by Gasteiger charge is 2.34. The van der Waals surface area contributed by atoms with Crippen LogP contribution < -0.4 is 5.32 Å². The molecule has 0 aromatic rings. The topological polar surface area (TPSA) is 89.9 Å². The first kappa shape index (κ1) is 14.8. The first-order chi connectivity index (χ1) is 8.34. The third-order valence-corrected chi connectivity index (χ3v) is 3.12. The lowest BCUT2D eigenvalue weighted by Crippen LogP contribution is -2.45. The second-order valence-corrected chi connectivity index (χ2v) is 5.20. The number of aliphatic carboxylic acids is 1. The Kier molecular flexibility index (Phi) is 4.95. The summed E-state index contributed by atoms with van der Waals surface area (Å²) < 4.78 is 0. The number of carbonyl (C=O) groups excluding carboxylic acids is 1. The number of likely N-dealkylation sites (tertiary alicyclic amines) is 1. The zero-order valence-corrected chi connectivity index (χ0v) is 11.0. The number of hydrogen-bond acceptors (Lipinski definition) is 3. The van der Waals surface area contributed by atoms with Gasteiger partial charge in [-0.05, 0) is 19.8 Å². The number of carboxylic acid groups (broad SMARTS) is 1. The van der Waals surface area contributed by atoms with E-state index in [0.717, 1.165) is 6.42 Å². The molecule has 2 amide bonds. The van der Waals surface area contributed by atoms with Gasteiger partial charge in [0.25, 0.3) is 0 Å². The average Bonchev–Trinajstić information content (AvgIpc) is 2.58. The minimum absolute atomic E-state index is 0.0657. The molecule has 1 heterocycles. The summed E-state index contributed by atoms with van der Waals surface area (Å²) in [5.74, 6) is -0.915. The van der Waals surface area contributed by atoms with E-state index in [4.69, 9.17) is 5.11 Å². The third-order valence-electron chi connectivity index (χ3n) is 3.12. The van der Waals surface area contributed by atoms with Gasteiger partial charge < -0.3 is 20.4 Å². The minimum atomic E-state index is -0.915. The van der Waals surface area contributed by atoms with Crippen molar-refractivity contribution in [3.05, 3.63) is 0 Å². The Morgan fingerprint density at radius 2 is 2.17 bits per heavy atom. The molecule has 0 bridgehead atoms. The average molecular weight is 258 g/mol. The third kappa shape index (κ3) is 4.52. The first-order valence-corrected chi connectivity index (χ1v) is 6.33. The van der Waals surface area contributed by atoms with Crippen LogP contribution in [0.4, 0.5) is 4.79 Å². The molecule has 3 N–H and O–H groups in total. The van der Waals surface area contributed by atoms with E-state index in [1.165, 1.54) is 4.90 Å². The molecule has 1 saturated heterocycles. The standard InChI is InChI=1S/C12H22N2O4/c1-3-4-9(7-10(15)16)13-11(17)14-6-5-12(2,18)8-14/h9,18H,3-8H2,1-2H3,(H,13,17)(H,15,16). The SMILES string of the molecule is CCCC(CC(=O)O)NC(=O)N1CCC(C)(O)C1. The lowest BCUT2D eigenvalue weighted by atomic mass is 10.1. The largest absolute Gasteiger partial charge is 0.481 e. The Hall–Kier alpha value is -1.30. The molecule has 6 heteroatoms. The van der Waals surface area contributed by atoms with E-state index in [2.05, 4.69) is 5.32 Å². The zero-order chi connectivity index (χ0) is 13.8. The Morgan fingerprint density at radius 3 is 2.61 bits per heavy atom. The number of carboxylic acids is 1. The number of rotatable bonds is 5. The maximum Gasteiger partial charge on any atom is 0.317 e. The van der Waals surface area contributed by atoms with Gasteiger partial charge in [-0.15, -0.1) is 0 Å². The number of β-amino-alcohol motifs (C(OH)–C–C–N with tert-alkyl or cyclic N) is 1. The van der Waals surface area contributed by atoms with Crippen molar-refractivity contribution in [1.82, 2.24) is 10.2 Å². The quantitative estimate of drug-likeness (QED) is 0.680. The molecule has 0 aliphatic carbocycles. The Bertz CT molecular complexity index is 317. The van der Waals surface area contributed by atoms with Gasteiger partial charge in [0, 0.05) is 12.6 Å². The van der Waals surface area contributed by atoms with Gasteiger partial charge >= 0.3 is 12.0 Å². The number of nitrogens with one attached hydrogen (secondary N) is 1. The van der Waals surface area contributed by atoms with E-state index in [9.17, 15) is 14.7 Å². The predicted molar refractivity (Wildman–Crippen MR) is 66.3 cm³/mol. The van der Waals surface area contributed by atoms with E-state index in [1.54, 1.807) is 6.92 Å². The van der Waals surface area contributed by atoms with Crippen molar-refractivity contribution in [2.45, 2.75) is 51.2 Å². The monoisotopic (exact) mass is 258 g/mol. The summed E-state index contributed by atoms with van der Waals surface area (Å²) in [6, 6.07) is -0.627. The molecule has 0 aromatic heterocycles. The van der Waals surface area contributed by atoms with Gasteiger partial charge in [-0.25, -0.2) is 4.79 Å². The lowest BCUT2D eigenvalue weighted by molar-refractivity contribution is -0.137. The highest BCUT2D eigenvalue weighted by Crippen LogP contribution is 2.20. The van der Waals surface area contributed by atoms with Crippen LogP contribution in [0, 0.1) is 0 Å². The van der Waals surface area contributed by atoms with Crippen LogP contribution in [-0.2, 0) is 4.79 Å². The van der Waals surface area contributed by atoms with Gasteiger partial charge in [-0.1, -0.05) is 13.3 Å². The summed E-state index contributed by atoms with van der Waals surface area (Å²) in [4.78, 5) is 24.1. The molecule has 0 saturated carbocycles. The van der Waals surface area contributed by atoms with Crippen LogP contribution >= 0.6 is 0 Å². The molecule has 1 aliphatic heterocycles. The highest BCUT2D eigenvalue weighted by molar-refractivity contribution is 5.76. The van der Waals surface area contributed by atoms with Gasteiger partial charge in [0.05, 0.1) is 18.6 Å². The van der Waals surface area contributed by atoms with Crippen LogP contribution in [0.15, 0.2) is 0 Å². The van der Waals surface area contributed by atoms with Crippen molar-refractivity contribution in [1.29, 1.82) is 0 Å². The number of hydrogen-bond donors (Lipinski definition) is 3. The molecule has 0 spiro atoms. The normalized spacial score (nSPS) is 24.9. The summed E-state index contributed by atoms with van der Waals surface area (Å²) in [5.41, 5.74) is -0.829. The molecule has 2 unspecified atom stereocenters. The second kappa shape index (κ2) is 6.04. The van der Waals surface area contributed by atoms with Crippen molar-refractivity contribution in [3.63, 3.8) is 0 Å². The summed E-state index contributed by atoms with van der Waals surface area (Å²) in [5, 5.41) is 21.3. The number of nitrogens with zero attached hydrogens (tertiary/aromatic N) is 1. The van der Waals surface area contributed by atoms with Gasteiger partial charge in [-0.3, -0.25) is 4.79 Å². The molecule has 1 fully saturated rings. The number of amides is 2. The van der Waals surface area contributed by atoms with Crippen molar-refractivity contribution >= 4 is 12.0 Å². The van der Waals surface area contributed by atoms with E-state index in [-0.39, 0.29) is 18.5 Å². The number of carbonyl (C=O) groups is 2. The molecule has 6 nitrogen and oxygen atoms in total. The fraction of sp³-hybridized carbons (Fsp3) is 0.833. The van der Waals surface area contributed by atoms with Crippen LogP contribution in [0.1, 0.15) is 39.5 Å². The summed E-state index contributed by atoms with van der Waals surface area (Å²) in [6.45, 7) is 4.44. The molecule has 0 aromatic carbocycles. The van der Waals surface area contributed by atoms with Crippen LogP contribution in [0.5, 0.6) is 0 Å². The van der Waals surface area contributed by atoms with Crippen LogP contribution in [0.25, 0.3) is 0 Å². The molecule has 2 atom stereocenters. The Morgan fingerprint density at radius 1 is 1.50 bits per heavy atom. The molecule has 0 radical (unpaired) electrons. The van der Waals surface area contributed by atoms with E-state index in [0.29, 0.717) is 25.9 Å². The van der Waals surface area contributed by atoms with Gasteiger partial charge in [0.15, 0.2) is 0 Å². The van der Waals surface area contributed by atoms with Gasteiger partial charge in [-0.2, -0.15) is 0 Å². The van der Waals surface area contributed by atoms with Gasteiger partial charge in [0.1, 0.15) is 0 Å². The number of urea groups is 1. The Labute approximate surface area is 107 Å². The Balaban J connectivity index is 2.48.